The molecule has 1 amide bonds. The van der Waals surface area contributed by atoms with Crippen LogP contribution in [0.4, 0.5) is 11.4 Å². The van der Waals surface area contributed by atoms with Crippen LogP contribution in [0.1, 0.15) is 30.4 Å². The third kappa shape index (κ3) is 4.68. The molecule has 1 aliphatic carbocycles. The van der Waals surface area contributed by atoms with E-state index in [1.165, 1.54) is 5.56 Å². The molecule has 1 N–H and O–H groups in total. The Bertz CT molecular complexity index is 1330. The van der Waals surface area contributed by atoms with E-state index in [9.17, 15) is 4.79 Å². The van der Waals surface area contributed by atoms with Gasteiger partial charge in [-0.15, -0.1) is 11.3 Å². The molecule has 1 atom stereocenters. The van der Waals surface area contributed by atoms with Crippen LogP contribution < -0.4 is 14.9 Å². The van der Waals surface area contributed by atoms with Crippen LogP contribution in [0.2, 0.25) is 0 Å². The van der Waals surface area contributed by atoms with Gasteiger partial charge in [-0.1, -0.05) is 24.3 Å². The number of benzene rings is 2. The zero-order valence-electron chi connectivity index (χ0n) is 18.7. The number of thiazole rings is 1. The lowest BCUT2D eigenvalue weighted by molar-refractivity contribution is -0.118. The Balaban J connectivity index is 1.61. The van der Waals surface area contributed by atoms with Crippen molar-refractivity contribution in [1.82, 2.24) is 4.68 Å². The summed E-state index contributed by atoms with van der Waals surface area (Å²) in [6.45, 7) is 4.19. The number of hydrogen-bond acceptors (Lipinski definition) is 5. The van der Waals surface area contributed by atoms with Gasteiger partial charge in [0.2, 0.25) is 4.80 Å². The first-order valence-electron chi connectivity index (χ1n) is 11.2. The molecule has 0 saturated heterocycles. The quantitative estimate of drug-likeness (QED) is 0.409. The fourth-order valence-corrected chi connectivity index (χ4v) is 4.84. The van der Waals surface area contributed by atoms with E-state index < -0.39 is 0 Å². The van der Waals surface area contributed by atoms with Gasteiger partial charge in [0, 0.05) is 17.2 Å². The van der Waals surface area contributed by atoms with Crippen LogP contribution in [0.25, 0.3) is 11.3 Å². The fraction of sp³-hybridized carbons (Fsp3) is 0.269. The van der Waals surface area contributed by atoms with Crippen molar-refractivity contribution in [3.8, 4) is 17.0 Å². The van der Waals surface area contributed by atoms with E-state index in [4.69, 9.17) is 14.8 Å². The summed E-state index contributed by atoms with van der Waals surface area (Å²) in [6, 6.07) is 12.1. The van der Waals surface area contributed by atoms with Gasteiger partial charge in [0.25, 0.3) is 5.91 Å². The number of rotatable bonds is 4. The first-order valence-corrected chi connectivity index (χ1v) is 12.0. The molecule has 0 radical (unpaired) electrons. The van der Waals surface area contributed by atoms with Crippen LogP contribution in [0.15, 0.2) is 64.0 Å². The summed E-state index contributed by atoms with van der Waals surface area (Å²) in [5.74, 6) is 0.949. The average molecular weight is 459 g/mol. The van der Waals surface area contributed by atoms with Crippen molar-refractivity contribution in [2.75, 3.05) is 11.9 Å². The van der Waals surface area contributed by atoms with E-state index in [-0.39, 0.29) is 12.5 Å². The minimum Gasteiger partial charge on any atom is -0.482 e. The van der Waals surface area contributed by atoms with E-state index in [1.807, 2.05) is 29.1 Å². The number of carbonyl (C=O) groups is 1. The van der Waals surface area contributed by atoms with E-state index in [1.54, 1.807) is 11.3 Å². The molecule has 33 heavy (non-hydrogen) atoms. The minimum atomic E-state index is -0.146. The number of carbonyl (C=O) groups excluding carboxylic acids is 1. The number of nitrogens with one attached hydrogen (secondary N) is 1. The predicted molar refractivity (Wildman–Crippen MR) is 133 cm³/mol. The van der Waals surface area contributed by atoms with Crippen LogP contribution >= 0.6 is 11.3 Å². The molecule has 0 bridgehead atoms. The Morgan fingerprint density at radius 2 is 2.09 bits per heavy atom. The van der Waals surface area contributed by atoms with Gasteiger partial charge in [0.15, 0.2) is 6.61 Å². The summed E-state index contributed by atoms with van der Waals surface area (Å²) in [5, 5.41) is 9.86. The molecule has 6 nitrogen and oxygen atoms in total. The van der Waals surface area contributed by atoms with Crippen molar-refractivity contribution in [2.24, 2.45) is 16.0 Å². The molecule has 2 heterocycles. The van der Waals surface area contributed by atoms with E-state index in [0.717, 1.165) is 46.6 Å². The van der Waals surface area contributed by atoms with Gasteiger partial charge >= 0.3 is 0 Å². The molecule has 0 spiro atoms. The maximum absolute atomic E-state index is 11.8. The summed E-state index contributed by atoms with van der Waals surface area (Å²) in [5.41, 5.74) is 5.78. The predicted octanol–water partition coefficient (Wildman–Crippen LogP) is 5.59. The van der Waals surface area contributed by atoms with Crippen LogP contribution in [0.5, 0.6) is 5.75 Å². The molecule has 0 saturated carbocycles. The van der Waals surface area contributed by atoms with E-state index in [2.05, 4.69) is 54.9 Å². The van der Waals surface area contributed by atoms with Gasteiger partial charge in [0.1, 0.15) is 5.75 Å². The summed E-state index contributed by atoms with van der Waals surface area (Å²) < 4.78 is 7.44. The topological polar surface area (TPSA) is 68.0 Å². The number of anilines is 1. The van der Waals surface area contributed by atoms with Crippen molar-refractivity contribution in [1.29, 1.82) is 0 Å². The van der Waals surface area contributed by atoms with E-state index in [0.29, 0.717) is 17.4 Å². The molecule has 1 aliphatic heterocycles. The number of allylic oxidation sites excluding steroid dienone is 2. The molecule has 2 aromatic carbocycles. The standard InChI is InChI=1S/C26H26N4O2S/c1-17-8-9-18(2)21(12-17)29-26-30(27-14-19-6-4-3-5-7-19)23(16-33-26)20-10-11-24-22(13-20)28-25(31)15-32-24/h3-4,8-14,16,19H,5-7,15H2,1-2H3,(H,28,31). The smallest absolute Gasteiger partial charge is 0.262 e. The zero-order chi connectivity index (χ0) is 22.8. The molecule has 2 aliphatic rings. The zero-order valence-corrected chi connectivity index (χ0v) is 19.6. The van der Waals surface area contributed by atoms with Crippen molar-refractivity contribution in [3.05, 3.63) is 69.9 Å². The molecule has 1 aromatic heterocycles. The largest absolute Gasteiger partial charge is 0.482 e. The third-order valence-corrected chi connectivity index (χ3v) is 6.69. The van der Waals surface area contributed by atoms with Gasteiger partial charge < -0.3 is 10.1 Å². The van der Waals surface area contributed by atoms with E-state index >= 15 is 0 Å². The minimum absolute atomic E-state index is 0.0454. The highest BCUT2D eigenvalue weighted by molar-refractivity contribution is 7.07. The van der Waals surface area contributed by atoms with Crippen molar-refractivity contribution >= 4 is 34.8 Å². The lowest BCUT2D eigenvalue weighted by Gasteiger charge is -2.18. The molecule has 3 aromatic rings. The maximum Gasteiger partial charge on any atom is 0.262 e. The number of ether oxygens (including phenoxy) is 1. The van der Waals surface area contributed by atoms with Crippen LogP contribution in [-0.2, 0) is 4.79 Å². The molecule has 7 heteroatoms. The van der Waals surface area contributed by atoms with Gasteiger partial charge in [-0.25, -0.2) is 9.67 Å². The van der Waals surface area contributed by atoms with Crippen LogP contribution in [0, 0.1) is 19.8 Å². The van der Waals surface area contributed by atoms with Gasteiger partial charge in [-0.05, 0) is 74.4 Å². The lowest BCUT2D eigenvalue weighted by atomic mass is 9.96. The molecule has 0 fully saturated rings. The number of hydrogen-bond donors (Lipinski definition) is 1. The van der Waals surface area contributed by atoms with Gasteiger partial charge in [-0.3, -0.25) is 4.79 Å². The highest BCUT2D eigenvalue weighted by Crippen LogP contribution is 2.33. The summed E-state index contributed by atoms with van der Waals surface area (Å²) >= 11 is 1.55. The normalized spacial score (nSPS) is 18.3. The molecule has 5 rings (SSSR count). The van der Waals surface area contributed by atoms with Crippen molar-refractivity contribution in [3.63, 3.8) is 0 Å². The monoisotopic (exact) mass is 458 g/mol. The first-order chi connectivity index (χ1) is 16.1. The summed E-state index contributed by atoms with van der Waals surface area (Å²) in [6.07, 6.45) is 9.71. The number of amides is 1. The highest BCUT2D eigenvalue weighted by Gasteiger charge is 2.18. The summed E-state index contributed by atoms with van der Waals surface area (Å²) in [4.78, 5) is 17.6. The number of nitrogens with zero attached hydrogens (tertiary/aromatic N) is 3. The molecular weight excluding hydrogens is 432 g/mol. The molecule has 1 unspecified atom stereocenters. The van der Waals surface area contributed by atoms with Crippen LogP contribution in [0.3, 0.4) is 0 Å². The van der Waals surface area contributed by atoms with Crippen molar-refractivity contribution in [2.45, 2.75) is 33.1 Å². The first kappa shape index (κ1) is 21.4. The second-order valence-electron chi connectivity index (χ2n) is 8.47. The number of aryl methyl sites for hydroxylation is 2. The Morgan fingerprint density at radius 1 is 1.18 bits per heavy atom. The van der Waals surface area contributed by atoms with Gasteiger partial charge in [-0.2, -0.15) is 5.10 Å². The number of aromatic nitrogens is 1. The second-order valence-corrected chi connectivity index (χ2v) is 9.31. The average Bonchev–Trinajstić information content (AvgIpc) is 3.22. The Labute approximate surface area is 197 Å². The molecule has 168 valence electrons. The Hall–Kier alpha value is -3.45. The number of fused-ring (bicyclic) bond motifs is 1. The Morgan fingerprint density at radius 3 is 2.94 bits per heavy atom. The van der Waals surface area contributed by atoms with Crippen molar-refractivity contribution < 1.29 is 9.53 Å². The lowest BCUT2D eigenvalue weighted by Crippen LogP contribution is -2.25. The van der Waals surface area contributed by atoms with Gasteiger partial charge in [0.05, 0.1) is 17.1 Å². The third-order valence-electron chi connectivity index (χ3n) is 5.88. The summed E-state index contributed by atoms with van der Waals surface area (Å²) in [7, 11) is 0. The highest BCUT2D eigenvalue weighted by atomic mass is 32.1. The molecular formula is C26H26N4O2S. The Kier molecular flexibility index (Phi) is 5.96. The SMILES string of the molecule is Cc1ccc(C)c(N=c2scc(-c3ccc4c(c3)NC(=O)CO4)n2N=CC2CC=CCC2)c1. The maximum atomic E-state index is 11.8. The fourth-order valence-electron chi connectivity index (χ4n) is 3.99. The van der Waals surface area contributed by atoms with Crippen LogP contribution in [-0.4, -0.2) is 23.4 Å². The second kappa shape index (κ2) is 9.19.